The van der Waals surface area contributed by atoms with Gasteiger partial charge in [-0.3, -0.25) is 14.4 Å². The molecule has 0 aromatic carbocycles. The molecule has 0 aromatic heterocycles. The predicted octanol–water partition coefficient (Wildman–Crippen LogP) is 18.0. The summed E-state index contributed by atoms with van der Waals surface area (Å²) in [4.78, 5) is 38.1. The maximum absolute atomic E-state index is 12.8. The Hall–Kier alpha value is -3.41. The van der Waals surface area contributed by atoms with E-state index < -0.39 is 6.10 Å². The third kappa shape index (κ3) is 51.4. The van der Waals surface area contributed by atoms with Crippen molar-refractivity contribution in [2.75, 3.05) is 13.2 Å². The summed E-state index contributed by atoms with van der Waals surface area (Å²) < 4.78 is 16.8. The average Bonchev–Trinajstić information content (AvgIpc) is 3.30. The summed E-state index contributed by atoms with van der Waals surface area (Å²) in [5.41, 5.74) is 0. The lowest BCUT2D eigenvalue weighted by Gasteiger charge is -2.18. The Labute approximate surface area is 401 Å². The minimum atomic E-state index is -0.793. The van der Waals surface area contributed by atoms with Gasteiger partial charge in [0.15, 0.2) is 6.10 Å². The van der Waals surface area contributed by atoms with E-state index in [1.165, 1.54) is 103 Å². The zero-order chi connectivity index (χ0) is 47.2. The molecular weight excluding hydrogens is 805 g/mol. The number of esters is 3. The molecule has 0 radical (unpaired) electrons. The van der Waals surface area contributed by atoms with E-state index in [0.29, 0.717) is 19.3 Å². The van der Waals surface area contributed by atoms with Crippen molar-refractivity contribution in [3.63, 3.8) is 0 Å². The van der Waals surface area contributed by atoms with Crippen LogP contribution in [0.2, 0.25) is 0 Å². The van der Waals surface area contributed by atoms with Crippen molar-refractivity contribution in [2.24, 2.45) is 0 Å². The van der Waals surface area contributed by atoms with Crippen LogP contribution in [0.5, 0.6) is 0 Å². The highest BCUT2D eigenvalue weighted by atomic mass is 16.6. The van der Waals surface area contributed by atoms with Crippen LogP contribution in [0.1, 0.15) is 252 Å². The number of rotatable bonds is 48. The SMILES string of the molecule is CC/C=C/C=C/C=C/CCCCCCCC(=O)OCC(COC(=O)CCCCCCC/C=C/C=C/C=C/C=C/CCCCC)OC(=O)CCCCCCCCCCCCCCCCCC. The monoisotopic (exact) mass is 905 g/mol. The number of hydrogen-bond acceptors (Lipinski definition) is 6. The highest BCUT2D eigenvalue weighted by molar-refractivity contribution is 5.71. The van der Waals surface area contributed by atoms with Crippen LogP contribution in [0.15, 0.2) is 85.1 Å². The molecule has 0 fully saturated rings. The molecule has 0 N–H and O–H groups in total. The Morgan fingerprint density at radius 1 is 0.323 bits per heavy atom. The van der Waals surface area contributed by atoms with Gasteiger partial charge in [0, 0.05) is 19.3 Å². The van der Waals surface area contributed by atoms with Gasteiger partial charge in [0.05, 0.1) is 0 Å². The molecule has 6 heteroatoms. The average molecular weight is 905 g/mol. The maximum Gasteiger partial charge on any atom is 0.306 e. The Balaban J connectivity index is 4.44. The summed E-state index contributed by atoms with van der Waals surface area (Å²) in [5.74, 6) is -0.931. The van der Waals surface area contributed by atoms with Crippen molar-refractivity contribution < 1.29 is 28.6 Å². The van der Waals surface area contributed by atoms with E-state index in [9.17, 15) is 14.4 Å². The molecule has 0 heterocycles. The summed E-state index contributed by atoms with van der Waals surface area (Å²) in [6, 6.07) is 0. The van der Waals surface area contributed by atoms with E-state index >= 15 is 0 Å². The highest BCUT2D eigenvalue weighted by Gasteiger charge is 2.19. The van der Waals surface area contributed by atoms with E-state index in [2.05, 4.69) is 106 Å². The van der Waals surface area contributed by atoms with Gasteiger partial charge in [-0.05, 0) is 64.2 Å². The number of allylic oxidation sites excluding steroid dienone is 14. The van der Waals surface area contributed by atoms with Crippen molar-refractivity contribution in [1.29, 1.82) is 0 Å². The number of carbonyl (C=O) groups is 3. The summed E-state index contributed by atoms with van der Waals surface area (Å²) in [7, 11) is 0. The van der Waals surface area contributed by atoms with Gasteiger partial charge in [0.2, 0.25) is 0 Å². The minimum Gasteiger partial charge on any atom is -0.462 e. The van der Waals surface area contributed by atoms with E-state index in [4.69, 9.17) is 14.2 Å². The van der Waals surface area contributed by atoms with Crippen LogP contribution in [-0.2, 0) is 28.6 Å². The molecule has 6 nitrogen and oxygen atoms in total. The van der Waals surface area contributed by atoms with E-state index in [1.54, 1.807) is 0 Å². The minimum absolute atomic E-state index is 0.0939. The van der Waals surface area contributed by atoms with Gasteiger partial charge in [0.25, 0.3) is 0 Å². The first-order valence-electron chi connectivity index (χ1n) is 27.2. The molecule has 0 rings (SSSR count). The van der Waals surface area contributed by atoms with Crippen molar-refractivity contribution in [3.8, 4) is 0 Å². The fourth-order valence-electron chi connectivity index (χ4n) is 7.45. The molecule has 0 spiro atoms. The largest absolute Gasteiger partial charge is 0.462 e. The highest BCUT2D eigenvalue weighted by Crippen LogP contribution is 2.15. The van der Waals surface area contributed by atoms with Crippen molar-refractivity contribution in [1.82, 2.24) is 0 Å². The second-order valence-corrected chi connectivity index (χ2v) is 17.9. The molecule has 1 atom stereocenters. The number of carbonyl (C=O) groups excluding carboxylic acids is 3. The predicted molar refractivity (Wildman–Crippen MR) is 279 cm³/mol. The van der Waals surface area contributed by atoms with Crippen LogP contribution in [-0.4, -0.2) is 37.2 Å². The lowest BCUT2D eigenvalue weighted by atomic mass is 10.0. The summed E-state index contributed by atoms with van der Waals surface area (Å²) in [6.45, 7) is 6.44. The molecule has 0 aliphatic rings. The van der Waals surface area contributed by atoms with Gasteiger partial charge in [0.1, 0.15) is 13.2 Å². The van der Waals surface area contributed by atoms with Crippen LogP contribution in [0, 0.1) is 0 Å². The fourth-order valence-corrected chi connectivity index (χ4v) is 7.45. The molecule has 0 aliphatic heterocycles. The van der Waals surface area contributed by atoms with Gasteiger partial charge in [-0.2, -0.15) is 0 Å². The maximum atomic E-state index is 12.8. The van der Waals surface area contributed by atoms with E-state index in [0.717, 1.165) is 109 Å². The normalized spacial score (nSPS) is 12.7. The first-order chi connectivity index (χ1) is 32.0. The fraction of sp³-hybridized carbons (Fsp3) is 0.712. The summed E-state index contributed by atoms with van der Waals surface area (Å²) in [5, 5.41) is 0. The lowest BCUT2D eigenvalue weighted by Crippen LogP contribution is -2.30. The summed E-state index contributed by atoms with van der Waals surface area (Å²) in [6.07, 6.45) is 68.5. The van der Waals surface area contributed by atoms with Gasteiger partial charge < -0.3 is 14.2 Å². The molecule has 0 amide bonds. The molecule has 0 aliphatic carbocycles. The molecule has 1 unspecified atom stereocenters. The van der Waals surface area contributed by atoms with Crippen molar-refractivity contribution in [2.45, 2.75) is 258 Å². The third-order valence-corrected chi connectivity index (χ3v) is 11.5. The van der Waals surface area contributed by atoms with Crippen LogP contribution < -0.4 is 0 Å². The Morgan fingerprint density at radius 3 is 0.969 bits per heavy atom. The van der Waals surface area contributed by atoms with Crippen LogP contribution >= 0.6 is 0 Å². The van der Waals surface area contributed by atoms with E-state index in [-0.39, 0.29) is 31.1 Å². The number of ether oxygens (including phenoxy) is 3. The standard InChI is InChI=1S/C59H100O6/c1-4-7-10-13-16-19-22-25-27-29-30-32-34-37-40-43-46-49-52-58(61)64-55-56(54-63-57(60)51-48-45-42-39-36-33-24-21-18-15-12-9-6-3)65-59(62)53-50-47-44-41-38-35-31-28-26-23-20-17-14-11-8-5-2/h9,12,15-16,18-19,21-22,24-25,27,29-30,32,56H,4-8,10-11,13-14,17,20,23,26,28,31,33-55H2,1-3H3/b12-9+,18-15+,19-16+,24-21+,25-22+,29-27+,32-30+. The first-order valence-corrected chi connectivity index (χ1v) is 27.2. The Morgan fingerprint density at radius 2 is 0.600 bits per heavy atom. The van der Waals surface area contributed by atoms with Crippen LogP contribution in [0.4, 0.5) is 0 Å². The van der Waals surface area contributed by atoms with Crippen molar-refractivity contribution in [3.05, 3.63) is 85.1 Å². The van der Waals surface area contributed by atoms with Gasteiger partial charge >= 0.3 is 17.9 Å². The Kier molecular flexibility index (Phi) is 50.4. The second kappa shape index (κ2) is 53.2. The van der Waals surface area contributed by atoms with Gasteiger partial charge in [-0.15, -0.1) is 0 Å². The molecule has 0 saturated carbocycles. The van der Waals surface area contributed by atoms with Crippen molar-refractivity contribution >= 4 is 17.9 Å². The topological polar surface area (TPSA) is 78.9 Å². The third-order valence-electron chi connectivity index (χ3n) is 11.5. The number of hydrogen-bond donors (Lipinski definition) is 0. The molecular formula is C59H100O6. The van der Waals surface area contributed by atoms with Crippen LogP contribution in [0.25, 0.3) is 0 Å². The summed E-state index contributed by atoms with van der Waals surface area (Å²) >= 11 is 0. The molecule has 372 valence electrons. The van der Waals surface area contributed by atoms with Crippen LogP contribution in [0.3, 0.4) is 0 Å². The smallest absolute Gasteiger partial charge is 0.306 e. The second-order valence-electron chi connectivity index (χ2n) is 17.9. The van der Waals surface area contributed by atoms with Gasteiger partial charge in [-0.25, -0.2) is 0 Å². The van der Waals surface area contributed by atoms with E-state index in [1.807, 2.05) is 0 Å². The molecule has 0 bridgehead atoms. The van der Waals surface area contributed by atoms with Gasteiger partial charge in [-0.1, -0.05) is 254 Å². The Bertz CT molecular complexity index is 1270. The quantitative estimate of drug-likeness (QED) is 0.0262. The lowest BCUT2D eigenvalue weighted by molar-refractivity contribution is -0.167. The number of unbranched alkanes of at least 4 members (excludes halogenated alkanes) is 28. The molecule has 0 aromatic rings. The molecule has 0 saturated heterocycles. The molecule has 65 heavy (non-hydrogen) atoms. The zero-order valence-electron chi connectivity index (χ0n) is 42.5. The zero-order valence-corrected chi connectivity index (χ0v) is 42.5. The first kappa shape index (κ1) is 61.6.